The lowest BCUT2D eigenvalue weighted by Crippen LogP contribution is -2.28. The molecule has 2 aliphatic rings. The first-order valence-corrected chi connectivity index (χ1v) is 23.9. The topological polar surface area (TPSA) is 54.1 Å². The molecule has 0 N–H and O–H groups in total. The van der Waals surface area contributed by atoms with E-state index in [1.807, 2.05) is 21.9 Å². The van der Waals surface area contributed by atoms with E-state index in [9.17, 15) is 63.2 Å². The Morgan fingerprint density at radius 2 is 0.694 bits per heavy atom. The minimum atomic E-state index is -5.25. The summed E-state index contributed by atoms with van der Waals surface area (Å²) < 4.78 is 173. The lowest BCUT2D eigenvalue weighted by molar-refractivity contribution is -0.144. The predicted octanol–water partition coefficient (Wildman–Crippen LogP) is 18.4. The van der Waals surface area contributed by atoms with Crippen LogP contribution in [-0.4, -0.2) is 13.1 Å². The number of allylic oxidation sites excluding steroid dienone is 2. The molecule has 0 fully saturated rings. The van der Waals surface area contributed by atoms with Crippen LogP contribution in [0.15, 0.2) is 97.1 Å². The van der Waals surface area contributed by atoms with Crippen molar-refractivity contribution in [2.75, 3.05) is 22.9 Å². The number of hydrogen-bond acceptors (Lipinski definition) is 4. The van der Waals surface area contributed by atoms with Gasteiger partial charge in [-0.1, -0.05) is 114 Å². The highest BCUT2D eigenvalue weighted by molar-refractivity contribution is 6.16. The maximum atomic E-state index is 14.4. The number of unbranched alkanes of at least 4 members (excludes halogenated alkanes) is 10. The van der Waals surface area contributed by atoms with Crippen LogP contribution < -0.4 is 9.80 Å². The summed E-state index contributed by atoms with van der Waals surface area (Å²) in [6, 6.07) is 22.3. The Bertz CT molecular complexity index is 2680. The van der Waals surface area contributed by atoms with Gasteiger partial charge in [-0.25, -0.2) is 0 Å². The summed E-state index contributed by atoms with van der Waals surface area (Å²) in [5.74, 6) is 0. The van der Waals surface area contributed by atoms with Gasteiger partial charge in [-0.15, -0.1) is 0 Å². The SMILES string of the molecule is CCCCCCCCN1c2ccccc2/C(=C(/C#N)c2cc(C(F)(F)F)cc(C(F)(F)F)c2)c2cc3c(cc21)/C(=C(\C#N)c1cc(C(F)(F)F)cc(C(F)(F)F)c1)c1ccccc1N3CCCCCCCC. The van der Waals surface area contributed by atoms with E-state index in [0.717, 1.165) is 64.2 Å². The molecule has 0 aromatic heterocycles. The zero-order valence-corrected chi connectivity index (χ0v) is 39.5. The van der Waals surface area contributed by atoms with Gasteiger partial charge in [0.1, 0.15) is 12.1 Å². The number of benzene rings is 5. The van der Waals surface area contributed by atoms with Gasteiger partial charge < -0.3 is 9.80 Å². The van der Waals surface area contributed by atoms with Gasteiger partial charge in [-0.3, -0.25) is 0 Å². The molecule has 0 radical (unpaired) electrons. The highest BCUT2D eigenvalue weighted by Crippen LogP contribution is 2.56. The summed E-state index contributed by atoms with van der Waals surface area (Å²) >= 11 is 0. The molecule has 0 saturated carbocycles. The third kappa shape index (κ3) is 11.3. The molecule has 0 aliphatic carbocycles. The van der Waals surface area contributed by atoms with E-state index < -0.39 is 69.2 Å². The van der Waals surface area contributed by atoms with Gasteiger partial charge in [0.05, 0.1) is 33.4 Å². The van der Waals surface area contributed by atoms with Crippen LogP contribution in [0.1, 0.15) is 147 Å². The van der Waals surface area contributed by atoms with Gasteiger partial charge >= 0.3 is 24.7 Å². The number of nitrogens with zero attached hydrogens (tertiary/aromatic N) is 4. The zero-order chi connectivity index (χ0) is 52.2. The van der Waals surface area contributed by atoms with E-state index >= 15 is 0 Å². The molecule has 0 saturated heterocycles. The zero-order valence-electron chi connectivity index (χ0n) is 39.5. The second kappa shape index (κ2) is 21.6. The Hall–Kier alpha value is -6.68. The Kier molecular flexibility index (Phi) is 15.9. The number of hydrogen-bond donors (Lipinski definition) is 0. The minimum Gasteiger partial charge on any atom is -0.340 e. The second-order valence-corrected chi connectivity index (χ2v) is 18.1. The van der Waals surface area contributed by atoms with Gasteiger partial charge in [0, 0.05) is 69.2 Å². The fourth-order valence-corrected chi connectivity index (χ4v) is 9.66. The lowest BCUT2D eigenvalue weighted by Gasteiger charge is -2.40. The predicted molar refractivity (Wildman–Crippen MR) is 256 cm³/mol. The standard InChI is InChI=1S/C56H50F12N4/c1-3-5-7-9-11-17-23-71-47-21-15-13-19-41(47)51(45(33-69)35-25-37(53(57,58)59)29-38(26-35)54(60,61)62)43-32-50-44(31-49(43)71)52(42-20-14-16-22-48(42)72(50)24-18-12-10-8-6-4-2)46(34-70)36-27-39(55(63,64)65)30-40(28-36)56(66,67)68/h13-16,19-22,25-32H,3-12,17-18,23-24H2,1-2H3/b51-45+,52-46+. The van der Waals surface area contributed by atoms with Crippen LogP contribution in [0.5, 0.6) is 0 Å². The first-order valence-electron chi connectivity index (χ1n) is 23.9. The Labute approximate surface area is 410 Å². The maximum Gasteiger partial charge on any atom is 0.416 e. The van der Waals surface area contributed by atoms with Crippen molar-refractivity contribution in [3.63, 3.8) is 0 Å². The smallest absolute Gasteiger partial charge is 0.340 e. The fourth-order valence-electron chi connectivity index (χ4n) is 9.66. The van der Waals surface area contributed by atoms with Crippen LogP contribution in [0, 0.1) is 22.7 Å². The summed E-state index contributed by atoms with van der Waals surface area (Å²) in [7, 11) is 0. The van der Waals surface area contributed by atoms with Crippen molar-refractivity contribution < 1.29 is 52.7 Å². The van der Waals surface area contributed by atoms with Gasteiger partial charge in [0.2, 0.25) is 0 Å². The number of anilines is 4. The van der Waals surface area contributed by atoms with Gasteiger partial charge in [0.15, 0.2) is 0 Å². The first kappa shape index (κ1) is 53.1. The third-order valence-electron chi connectivity index (χ3n) is 13.1. The summed E-state index contributed by atoms with van der Waals surface area (Å²) in [5, 5.41) is 22.1. The van der Waals surface area contributed by atoms with Crippen LogP contribution in [-0.2, 0) is 24.7 Å². The van der Waals surface area contributed by atoms with Crippen LogP contribution >= 0.6 is 0 Å². The molecular weight excluding hydrogens is 957 g/mol. The van der Waals surface area contributed by atoms with Crippen molar-refractivity contribution in [1.82, 2.24) is 0 Å². The molecule has 16 heteroatoms. The molecule has 0 amide bonds. The van der Waals surface area contributed by atoms with Crippen molar-refractivity contribution in [2.24, 2.45) is 0 Å². The van der Waals surface area contributed by atoms with Crippen LogP contribution in [0.4, 0.5) is 75.4 Å². The highest BCUT2D eigenvalue weighted by atomic mass is 19.4. The van der Waals surface area contributed by atoms with E-state index in [-0.39, 0.29) is 34.4 Å². The van der Waals surface area contributed by atoms with Gasteiger partial charge in [-0.05, 0) is 84.6 Å². The molecule has 5 aromatic rings. The van der Waals surface area contributed by atoms with Gasteiger partial charge in [0.25, 0.3) is 0 Å². The van der Waals surface area contributed by atoms with E-state index in [4.69, 9.17) is 0 Å². The number of halogens is 12. The van der Waals surface area contributed by atoms with Crippen LogP contribution in [0.3, 0.4) is 0 Å². The molecule has 2 heterocycles. The molecule has 2 aliphatic heterocycles. The summed E-state index contributed by atoms with van der Waals surface area (Å²) in [6.07, 6.45) is -10.7. The molecule has 0 spiro atoms. The van der Waals surface area contributed by atoms with Crippen molar-refractivity contribution in [1.29, 1.82) is 10.5 Å². The Balaban J connectivity index is 1.61. The molecule has 7 rings (SSSR count). The van der Waals surface area contributed by atoms with E-state index in [2.05, 4.69) is 13.8 Å². The first-order chi connectivity index (χ1) is 34.1. The van der Waals surface area contributed by atoms with Crippen molar-refractivity contribution in [3.05, 3.63) is 153 Å². The molecule has 0 atom stereocenters. The molecule has 72 heavy (non-hydrogen) atoms. The number of rotatable bonds is 16. The molecule has 4 nitrogen and oxygen atoms in total. The fraction of sp³-hybridized carbons (Fsp3) is 0.357. The van der Waals surface area contributed by atoms with E-state index in [0.29, 0.717) is 84.1 Å². The molecule has 0 bridgehead atoms. The number of alkyl halides is 12. The largest absolute Gasteiger partial charge is 0.416 e. The van der Waals surface area contributed by atoms with Crippen LogP contribution in [0.2, 0.25) is 0 Å². The number of nitriles is 2. The van der Waals surface area contributed by atoms with Crippen LogP contribution in [0.25, 0.3) is 22.3 Å². The highest BCUT2D eigenvalue weighted by Gasteiger charge is 2.41. The van der Waals surface area contributed by atoms with Crippen molar-refractivity contribution in [2.45, 2.75) is 116 Å². The Morgan fingerprint density at radius 3 is 1.00 bits per heavy atom. The molecule has 0 unspecified atom stereocenters. The second-order valence-electron chi connectivity index (χ2n) is 18.1. The van der Waals surface area contributed by atoms with Crippen molar-refractivity contribution >= 4 is 45.0 Å². The lowest BCUT2D eigenvalue weighted by atomic mass is 9.79. The monoisotopic (exact) mass is 1010 g/mol. The molecule has 5 aromatic carbocycles. The van der Waals surface area contributed by atoms with Crippen molar-refractivity contribution in [3.8, 4) is 12.1 Å². The summed E-state index contributed by atoms with van der Waals surface area (Å²) in [4.78, 5) is 3.79. The molecular formula is C56H50F12N4. The average molecular weight is 1010 g/mol. The van der Waals surface area contributed by atoms with E-state index in [1.54, 1.807) is 60.7 Å². The number of para-hydroxylation sites is 2. The molecule has 378 valence electrons. The number of fused-ring (bicyclic) bond motifs is 4. The summed E-state index contributed by atoms with van der Waals surface area (Å²) in [6.45, 7) is 4.75. The average Bonchev–Trinajstić information content (AvgIpc) is 3.33. The normalized spacial score (nSPS) is 15.0. The van der Waals surface area contributed by atoms with E-state index in [1.165, 1.54) is 0 Å². The maximum absolute atomic E-state index is 14.4. The Morgan fingerprint density at radius 1 is 0.389 bits per heavy atom. The third-order valence-corrected chi connectivity index (χ3v) is 13.1. The minimum absolute atomic E-state index is 0.00495. The quantitative estimate of drug-likeness (QED) is 0.0561. The summed E-state index contributed by atoms with van der Waals surface area (Å²) in [5.41, 5.74) is -6.41. The van der Waals surface area contributed by atoms with Gasteiger partial charge in [-0.2, -0.15) is 63.2 Å².